The van der Waals surface area contributed by atoms with E-state index in [-0.39, 0.29) is 5.25 Å². The van der Waals surface area contributed by atoms with Crippen molar-refractivity contribution in [2.24, 2.45) is 0 Å². The molecule has 1 aromatic rings. The lowest BCUT2D eigenvalue weighted by Gasteiger charge is -2.33. The Morgan fingerprint density at radius 2 is 1.83 bits per heavy atom. The van der Waals surface area contributed by atoms with E-state index in [4.69, 9.17) is 0 Å². The minimum absolute atomic E-state index is 0.0763. The molecule has 0 spiro atoms. The fraction of sp³-hybridized carbons (Fsp3) is 0.684. The van der Waals surface area contributed by atoms with Crippen LogP contribution in [0.5, 0.6) is 0 Å². The average molecular weight is 349 g/mol. The normalized spacial score (nSPS) is 28.9. The Labute approximate surface area is 145 Å². The minimum atomic E-state index is -3.00. The Hall–Kier alpha value is -0.910. The van der Waals surface area contributed by atoms with Gasteiger partial charge in [0.1, 0.15) is 0 Å². The lowest BCUT2D eigenvalue weighted by atomic mass is 9.98. The molecule has 4 nitrogen and oxygen atoms in total. The number of nitrogens with zero attached hydrogens (tertiary/aromatic N) is 1. The highest BCUT2D eigenvalue weighted by molar-refractivity contribution is 7.90. The number of piperidine rings is 1. The first kappa shape index (κ1) is 16.6. The van der Waals surface area contributed by atoms with E-state index in [1.165, 1.54) is 16.7 Å². The minimum Gasteiger partial charge on any atom is -0.307 e. The monoisotopic (exact) mass is 348 g/mol. The molecule has 24 heavy (non-hydrogen) atoms. The van der Waals surface area contributed by atoms with E-state index in [2.05, 4.69) is 37.4 Å². The predicted octanol–water partition coefficient (Wildman–Crippen LogP) is 3.09. The zero-order valence-corrected chi connectivity index (χ0v) is 15.5. The third-order valence-electron chi connectivity index (χ3n) is 6.01. The molecule has 2 fully saturated rings. The zero-order valence-electron chi connectivity index (χ0n) is 14.7. The SMILES string of the molecule is Cc1cccc2c1C(C)CC2NC1CCN(S(=O)(=O)C2CC2)CC1. The Morgan fingerprint density at radius 1 is 1.12 bits per heavy atom. The molecular formula is C19H28N2O2S. The second-order valence-electron chi connectivity index (χ2n) is 7.85. The van der Waals surface area contributed by atoms with Gasteiger partial charge in [0.25, 0.3) is 0 Å². The van der Waals surface area contributed by atoms with Crippen LogP contribution in [0.25, 0.3) is 0 Å². The lowest BCUT2D eigenvalue weighted by Crippen LogP contribution is -2.46. The molecule has 0 aromatic heterocycles. The smallest absolute Gasteiger partial charge is 0.216 e. The van der Waals surface area contributed by atoms with Gasteiger partial charge in [-0.3, -0.25) is 0 Å². The summed E-state index contributed by atoms with van der Waals surface area (Å²) in [6.07, 6.45) is 4.73. The highest BCUT2D eigenvalue weighted by Crippen LogP contribution is 2.42. The Morgan fingerprint density at radius 3 is 2.50 bits per heavy atom. The summed E-state index contributed by atoms with van der Waals surface area (Å²) < 4.78 is 26.4. The van der Waals surface area contributed by atoms with Crippen molar-refractivity contribution in [2.45, 2.75) is 69.2 Å². The molecule has 1 aliphatic heterocycles. The van der Waals surface area contributed by atoms with Crippen LogP contribution in [0.15, 0.2) is 18.2 Å². The molecule has 1 saturated heterocycles. The number of rotatable bonds is 4. The maximum Gasteiger partial charge on any atom is 0.216 e. The van der Waals surface area contributed by atoms with Gasteiger partial charge in [-0.2, -0.15) is 0 Å². The molecule has 5 heteroatoms. The summed E-state index contributed by atoms with van der Waals surface area (Å²) in [6.45, 7) is 5.89. The van der Waals surface area contributed by atoms with Crippen LogP contribution in [0.4, 0.5) is 0 Å². The van der Waals surface area contributed by atoms with Crippen molar-refractivity contribution in [3.05, 3.63) is 34.9 Å². The van der Waals surface area contributed by atoms with Crippen LogP contribution in [0.2, 0.25) is 0 Å². The highest BCUT2D eigenvalue weighted by Gasteiger charge is 2.41. The van der Waals surface area contributed by atoms with Gasteiger partial charge >= 0.3 is 0 Å². The molecule has 1 saturated carbocycles. The standard InChI is InChI=1S/C19H28N2O2S/c1-13-4-3-5-17-18(12-14(2)19(13)17)20-15-8-10-21(11-9-15)24(22,23)16-6-7-16/h3-5,14-16,18,20H,6-12H2,1-2H3. The highest BCUT2D eigenvalue weighted by atomic mass is 32.2. The summed E-state index contributed by atoms with van der Waals surface area (Å²) in [7, 11) is -3.00. The number of fused-ring (bicyclic) bond motifs is 1. The predicted molar refractivity (Wildman–Crippen MR) is 96.6 cm³/mol. The van der Waals surface area contributed by atoms with Crippen molar-refractivity contribution in [3.63, 3.8) is 0 Å². The molecule has 2 unspecified atom stereocenters. The van der Waals surface area contributed by atoms with Crippen LogP contribution in [0, 0.1) is 6.92 Å². The van der Waals surface area contributed by atoms with Crippen LogP contribution >= 0.6 is 0 Å². The maximum atomic E-state index is 12.3. The Bertz CT molecular complexity index is 719. The average Bonchev–Trinajstić information content (AvgIpc) is 3.35. The van der Waals surface area contributed by atoms with E-state index in [1.807, 2.05) is 0 Å². The van der Waals surface area contributed by atoms with Gasteiger partial charge in [0, 0.05) is 25.2 Å². The van der Waals surface area contributed by atoms with Gasteiger partial charge in [-0.15, -0.1) is 0 Å². The summed E-state index contributed by atoms with van der Waals surface area (Å²) in [4.78, 5) is 0. The molecule has 1 aromatic carbocycles. The van der Waals surface area contributed by atoms with E-state index < -0.39 is 10.0 Å². The molecular weight excluding hydrogens is 320 g/mol. The van der Waals surface area contributed by atoms with Crippen molar-refractivity contribution in [3.8, 4) is 0 Å². The van der Waals surface area contributed by atoms with Crippen LogP contribution in [-0.2, 0) is 10.0 Å². The first-order valence-corrected chi connectivity index (χ1v) is 10.8. The van der Waals surface area contributed by atoms with E-state index in [1.54, 1.807) is 4.31 Å². The molecule has 0 bridgehead atoms. The quantitative estimate of drug-likeness (QED) is 0.910. The van der Waals surface area contributed by atoms with Gasteiger partial charge in [-0.05, 0) is 61.6 Å². The Balaban J connectivity index is 1.39. The van der Waals surface area contributed by atoms with Gasteiger partial charge in [0.15, 0.2) is 0 Å². The number of sulfonamides is 1. The Kier molecular flexibility index (Phi) is 4.22. The number of benzene rings is 1. The number of hydrogen-bond acceptors (Lipinski definition) is 3. The van der Waals surface area contributed by atoms with Crippen LogP contribution in [0.3, 0.4) is 0 Å². The molecule has 1 N–H and O–H groups in total. The van der Waals surface area contributed by atoms with Gasteiger partial charge in [0.05, 0.1) is 5.25 Å². The fourth-order valence-corrected chi connectivity index (χ4v) is 6.45. The topological polar surface area (TPSA) is 49.4 Å². The molecule has 2 aliphatic carbocycles. The van der Waals surface area contributed by atoms with Gasteiger partial charge in [-0.1, -0.05) is 25.1 Å². The van der Waals surface area contributed by atoms with Gasteiger partial charge in [0.2, 0.25) is 10.0 Å². The van der Waals surface area contributed by atoms with Crippen LogP contribution in [0.1, 0.15) is 67.7 Å². The summed E-state index contributed by atoms with van der Waals surface area (Å²) in [6, 6.07) is 7.48. The largest absolute Gasteiger partial charge is 0.307 e. The number of aryl methyl sites for hydroxylation is 1. The third-order valence-corrected chi connectivity index (χ3v) is 8.41. The second-order valence-corrected chi connectivity index (χ2v) is 10.1. The molecule has 0 amide bonds. The molecule has 1 heterocycles. The van der Waals surface area contributed by atoms with Crippen molar-refractivity contribution in [1.82, 2.24) is 9.62 Å². The molecule has 2 atom stereocenters. The van der Waals surface area contributed by atoms with Gasteiger partial charge < -0.3 is 5.32 Å². The van der Waals surface area contributed by atoms with E-state index in [0.717, 1.165) is 32.1 Å². The van der Waals surface area contributed by atoms with E-state index in [0.29, 0.717) is 31.1 Å². The number of nitrogens with one attached hydrogen (secondary N) is 1. The summed E-state index contributed by atoms with van der Waals surface area (Å²) >= 11 is 0. The fourth-order valence-electron chi connectivity index (χ4n) is 4.57. The maximum absolute atomic E-state index is 12.3. The van der Waals surface area contributed by atoms with Crippen LogP contribution < -0.4 is 5.32 Å². The van der Waals surface area contributed by atoms with Gasteiger partial charge in [-0.25, -0.2) is 12.7 Å². The molecule has 0 radical (unpaired) electrons. The van der Waals surface area contributed by atoms with Crippen LogP contribution in [-0.4, -0.2) is 37.1 Å². The lowest BCUT2D eigenvalue weighted by molar-refractivity contribution is 0.271. The van der Waals surface area contributed by atoms with Crippen molar-refractivity contribution in [1.29, 1.82) is 0 Å². The summed E-state index contributed by atoms with van der Waals surface area (Å²) in [5.41, 5.74) is 4.37. The van der Waals surface area contributed by atoms with Crippen molar-refractivity contribution >= 4 is 10.0 Å². The van der Waals surface area contributed by atoms with Crippen molar-refractivity contribution < 1.29 is 8.42 Å². The second kappa shape index (κ2) is 6.11. The molecule has 3 aliphatic rings. The first-order valence-electron chi connectivity index (χ1n) is 9.31. The first-order chi connectivity index (χ1) is 11.5. The summed E-state index contributed by atoms with van der Waals surface area (Å²) in [5.74, 6) is 0.606. The molecule has 132 valence electrons. The summed E-state index contributed by atoms with van der Waals surface area (Å²) in [5, 5.41) is 3.75. The van der Waals surface area contributed by atoms with E-state index >= 15 is 0 Å². The third kappa shape index (κ3) is 2.91. The van der Waals surface area contributed by atoms with E-state index in [9.17, 15) is 8.42 Å². The zero-order chi connectivity index (χ0) is 16.9. The molecule has 4 rings (SSSR count). The number of hydrogen-bond donors (Lipinski definition) is 1. The van der Waals surface area contributed by atoms with Crippen molar-refractivity contribution in [2.75, 3.05) is 13.1 Å².